The van der Waals surface area contributed by atoms with E-state index in [2.05, 4.69) is 0 Å². The van der Waals surface area contributed by atoms with Crippen molar-refractivity contribution in [1.29, 1.82) is 0 Å². The van der Waals surface area contributed by atoms with Crippen LogP contribution in [0.4, 0.5) is 0 Å². The molecule has 14 heavy (non-hydrogen) atoms. The highest BCUT2D eigenvalue weighted by atomic mass is 32.2. The predicted octanol–water partition coefficient (Wildman–Crippen LogP) is 0.397. The van der Waals surface area contributed by atoms with Crippen LogP contribution in [0.15, 0.2) is 0 Å². The molecule has 0 amide bonds. The summed E-state index contributed by atoms with van der Waals surface area (Å²) in [5, 5.41) is 0. The van der Waals surface area contributed by atoms with Gasteiger partial charge in [0.1, 0.15) is 0 Å². The lowest BCUT2D eigenvalue weighted by molar-refractivity contribution is 0.413. The van der Waals surface area contributed by atoms with Crippen LogP contribution < -0.4 is 5.73 Å². The Morgan fingerprint density at radius 1 is 1.36 bits per heavy atom. The van der Waals surface area contributed by atoms with Crippen LogP contribution >= 0.6 is 0 Å². The molecular weight excluding hydrogens is 200 g/mol. The van der Waals surface area contributed by atoms with Crippen molar-refractivity contribution in [2.24, 2.45) is 11.7 Å². The fourth-order valence-corrected chi connectivity index (χ4v) is 2.99. The standard InChI is InChI=1S/C9H20N2O2S/c1-2-14(12,13)11-6-3-4-9(8-10)5-7-11/h9H,2-8,10H2,1H3. The van der Waals surface area contributed by atoms with Crippen molar-refractivity contribution >= 4 is 10.0 Å². The molecule has 2 N–H and O–H groups in total. The van der Waals surface area contributed by atoms with Gasteiger partial charge in [-0.1, -0.05) is 0 Å². The minimum atomic E-state index is -2.98. The van der Waals surface area contributed by atoms with E-state index in [9.17, 15) is 8.42 Å². The van der Waals surface area contributed by atoms with Gasteiger partial charge in [0.15, 0.2) is 0 Å². The largest absolute Gasteiger partial charge is 0.330 e. The Kier molecular flexibility index (Phi) is 4.34. The van der Waals surface area contributed by atoms with E-state index in [4.69, 9.17) is 5.73 Å². The normalized spacial score (nSPS) is 26.0. The third kappa shape index (κ3) is 2.93. The number of hydrogen-bond donors (Lipinski definition) is 1. The summed E-state index contributed by atoms with van der Waals surface area (Å²) in [6.07, 6.45) is 2.92. The van der Waals surface area contributed by atoms with E-state index in [-0.39, 0.29) is 5.75 Å². The van der Waals surface area contributed by atoms with E-state index in [1.165, 1.54) is 0 Å². The van der Waals surface area contributed by atoms with Gasteiger partial charge in [0.2, 0.25) is 10.0 Å². The maximum Gasteiger partial charge on any atom is 0.213 e. The Morgan fingerprint density at radius 3 is 2.64 bits per heavy atom. The van der Waals surface area contributed by atoms with Gasteiger partial charge in [-0.3, -0.25) is 0 Å². The van der Waals surface area contributed by atoms with Crippen molar-refractivity contribution in [3.63, 3.8) is 0 Å². The summed E-state index contributed by atoms with van der Waals surface area (Å²) in [5.74, 6) is 0.715. The van der Waals surface area contributed by atoms with E-state index < -0.39 is 10.0 Å². The molecule has 0 radical (unpaired) electrons. The molecule has 1 atom stereocenters. The summed E-state index contributed by atoms with van der Waals surface area (Å²) in [6, 6.07) is 0. The molecule has 0 aromatic carbocycles. The van der Waals surface area contributed by atoms with Crippen LogP contribution in [0.3, 0.4) is 0 Å². The average Bonchev–Trinajstić information content (AvgIpc) is 2.42. The molecule has 1 heterocycles. The van der Waals surface area contributed by atoms with Crippen molar-refractivity contribution < 1.29 is 8.42 Å². The predicted molar refractivity (Wildman–Crippen MR) is 57.4 cm³/mol. The lowest BCUT2D eigenvalue weighted by Gasteiger charge is -2.18. The van der Waals surface area contributed by atoms with Gasteiger partial charge in [-0.15, -0.1) is 0 Å². The lowest BCUT2D eigenvalue weighted by Crippen LogP contribution is -2.33. The average molecular weight is 220 g/mol. The number of nitrogens with two attached hydrogens (primary N) is 1. The smallest absolute Gasteiger partial charge is 0.213 e. The highest BCUT2D eigenvalue weighted by molar-refractivity contribution is 7.89. The molecule has 5 heteroatoms. The molecule has 1 fully saturated rings. The maximum absolute atomic E-state index is 11.6. The Hall–Kier alpha value is -0.130. The highest BCUT2D eigenvalue weighted by Crippen LogP contribution is 2.18. The molecule has 0 aromatic rings. The van der Waals surface area contributed by atoms with E-state index >= 15 is 0 Å². The molecule has 0 spiro atoms. The third-order valence-corrected chi connectivity index (χ3v) is 4.78. The first-order valence-electron chi connectivity index (χ1n) is 5.28. The summed E-state index contributed by atoms with van der Waals surface area (Å²) >= 11 is 0. The van der Waals surface area contributed by atoms with Gasteiger partial charge < -0.3 is 5.73 Å². The minimum Gasteiger partial charge on any atom is -0.330 e. The molecule has 84 valence electrons. The fraction of sp³-hybridized carbons (Fsp3) is 1.00. The van der Waals surface area contributed by atoms with Crippen LogP contribution in [0.2, 0.25) is 0 Å². The molecule has 1 aliphatic rings. The van der Waals surface area contributed by atoms with Gasteiger partial charge in [-0.05, 0) is 38.6 Å². The van der Waals surface area contributed by atoms with Gasteiger partial charge in [0, 0.05) is 13.1 Å². The fourth-order valence-electron chi connectivity index (χ4n) is 1.84. The summed E-state index contributed by atoms with van der Waals surface area (Å²) < 4.78 is 24.8. The number of nitrogens with zero attached hydrogens (tertiary/aromatic N) is 1. The topological polar surface area (TPSA) is 63.4 Å². The SMILES string of the molecule is CCS(=O)(=O)N1CCCC(CN)CC1. The Labute approximate surface area is 86.5 Å². The van der Waals surface area contributed by atoms with Crippen LogP contribution in [0, 0.1) is 5.92 Å². The number of rotatable bonds is 3. The molecule has 1 saturated heterocycles. The Bertz CT molecular complexity index is 264. The monoisotopic (exact) mass is 220 g/mol. The second-order valence-electron chi connectivity index (χ2n) is 3.83. The molecule has 0 aliphatic carbocycles. The zero-order valence-electron chi connectivity index (χ0n) is 8.78. The zero-order chi connectivity index (χ0) is 10.6. The van der Waals surface area contributed by atoms with Crippen molar-refractivity contribution in [3.05, 3.63) is 0 Å². The summed E-state index contributed by atoms with van der Waals surface area (Å²) in [7, 11) is -2.98. The first-order chi connectivity index (χ1) is 6.60. The second-order valence-corrected chi connectivity index (χ2v) is 6.09. The van der Waals surface area contributed by atoms with Gasteiger partial charge in [0.05, 0.1) is 5.75 Å². The van der Waals surface area contributed by atoms with Crippen molar-refractivity contribution in [1.82, 2.24) is 4.31 Å². The van der Waals surface area contributed by atoms with Crippen LogP contribution in [-0.2, 0) is 10.0 Å². The summed E-state index contributed by atoms with van der Waals surface area (Å²) in [5.41, 5.74) is 5.59. The van der Waals surface area contributed by atoms with E-state index in [0.717, 1.165) is 19.3 Å². The van der Waals surface area contributed by atoms with Crippen molar-refractivity contribution in [3.8, 4) is 0 Å². The Morgan fingerprint density at radius 2 is 2.07 bits per heavy atom. The van der Waals surface area contributed by atoms with Gasteiger partial charge in [-0.2, -0.15) is 0 Å². The summed E-state index contributed by atoms with van der Waals surface area (Å²) in [6.45, 7) is 3.70. The van der Waals surface area contributed by atoms with Crippen LogP contribution in [0.5, 0.6) is 0 Å². The van der Waals surface area contributed by atoms with E-state index in [0.29, 0.717) is 25.6 Å². The first kappa shape index (κ1) is 11.9. The summed E-state index contributed by atoms with van der Waals surface area (Å²) in [4.78, 5) is 0. The lowest BCUT2D eigenvalue weighted by atomic mass is 10.0. The molecular formula is C9H20N2O2S. The van der Waals surface area contributed by atoms with Crippen LogP contribution in [0.25, 0.3) is 0 Å². The Balaban J connectivity index is 2.58. The second kappa shape index (κ2) is 5.09. The zero-order valence-corrected chi connectivity index (χ0v) is 9.59. The third-order valence-electron chi connectivity index (χ3n) is 2.90. The first-order valence-corrected chi connectivity index (χ1v) is 6.89. The van der Waals surface area contributed by atoms with Crippen LogP contribution in [-0.4, -0.2) is 38.1 Å². The van der Waals surface area contributed by atoms with Crippen molar-refractivity contribution in [2.45, 2.75) is 26.2 Å². The number of sulfonamides is 1. The molecule has 0 bridgehead atoms. The molecule has 1 aliphatic heterocycles. The molecule has 1 unspecified atom stereocenters. The van der Waals surface area contributed by atoms with Gasteiger partial charge in [0.25, 0.3) is 0 Å². The van der Waals surface area contributed by atoms with E-state index in [1.807, 2.05) is 0 Å². The quantitative estimate of drug-likeness (QED) is 0.748. The maximum atomic E-state index is 11.6. The molecule has 0 aromatic heterocycles. The van der Waals surface area contributed by atoms with E-state index in [1.54, 1.807) is 11.2 Å². The molecule has 1 rings (SSSR count). The van der Waals surface area contributed by atoms with Gasteiger partial charge in [-0.25, -0.2) is 12.7 Å². The molecule has 0 saturated carbocycles. The van der Waals surface area contributed by atoms with Gasteiger partial charge >= 0.3 is 0 Å². The minimum absolute atomic E-state index is 0.209. The highest BCUT2D eigenvalue weighted by Gasteiger charge is 2.23. The van der Waals surface area contributed by atoms with Crippen LogP contribution in [0.1, 0.15) is 26.2 Å². The number of hydrogen-bond acceptors (Lipinski definition) is 3. The molecule has 4 nitrogen and oxygen atoms in total. The van der Waals surface area contributed by atoms with Crippen molar-refractivity contribution in [2.75, 3.05) is 25.4 Å².